The number of nitrogens with zero attached hydrogens (tertiary/aromatic N) is 1. The zero-order chi connectivity index (χ0) is 12.0. The maximum absolute atomic E-state index is 10.4. The molecule has 0 heterocycles. The molecule has 86 valence electrons. The first kappa shape index (κ1) is 12.2. The Balaban J connectivity index is 2.43. The lowest BCUT2D eigenvalue weighted by atomic mass is 10.1. The van der Waals surface area contributed by atoms with Gasteiger partial charge in [-0.2, -0.15) is 0 Å². The highest BCUT2D eigenvalue weighted by molar-refractivity contribution is 5.72. The van der Waals surface area contributed by atoms with Crippen LogP contribution in [0.5, 0.6) is 0 Å². The molecule has 0 fully saturated rings. The third kappa shape index (κ3) is 3.68. The van der Waals surface area contributed by atoms with Crippen molar-refractivity contribution in [1.82, 2.24) is 0 Å². The van der Waals surface area contributed by atoms with Crippen molar-refractivity contribution in [2.24, 2.45) is 0 Å². The summed E-state index contributed by atoms with van der Waals surface area (Å²) < 4.78 is 4.73. The van der Waals surface area contributed by atoms with Crippen molar-refractivity contribution in [3.8, 4) is 0 Å². The number of ether oxygens (including phenoxy) is 1. The third-order valence-electron chi connectivity index (χ3n) is 2.26. The minimum Gasteiger partial charge on any atom is -0.484 e. The predicted molar refractivity (Wildman–Crippen MR) is 60.8 cm³/mol. The van der Waals surface area contributed by atoms with Crippen LogP contribution in [0, 0.1) is 15.5 Å². The van der Waals surface area contributed by atoms with Gasteiger partial charge in [-0.25, -0.2) is 0 Å². The largest absolute Gasteiger partial charge is 0.484 e. The smallest absolute Gasteiger partial charge is 0.269 e. The van der Waals surface area contributed by atoms with E-state index in [2.05, 4.69) is 0 Å². The lowest BCUT2D eigenvalue weighted by Gasteiger charge is -2.02. The van der Waals surface area contributed by atoms with Gasteiger partial charge in [0, 0.05) is 18.6 Å². The molecule has 0 radical (unpaired) electrons. The first-order valence-electron chi connectivity index (χ1n) is 4.98. The van der Waals surface area contributed by atoms with Gasteiger partial charge in [0.2, 0.25) is 0 Å². The first-order valence-corrected chi connectivity index (χ1v) is 4.98. The van der Waals surface area contributed by atoms with Gasteiger partial charge in [-0.3, -0.25) is 15.5 Å². The maximum atomic E-state index is 10.4. The Kier molecular flexibility index (Phi) is 4.44. The topological polar surface area (TPSA) is 76.2 Å². The Morgan fingerprint density at radius 3 is 2.56 bits per heavy atom. The lowest BCUT2D eigenvalue weighted by Crippen LogP contribution is -1.99. The summed E-state index contributed by atoms with van der Waals surface area (Å²) in [6, 6.07) is 6.48. The number of benzene rings is 1. The third-order valence-corrected chi connectivity index (χ3v) is 2.26. The summed E-state index contributed by atoms with van der Waals surface area (Å²) in [6.07, 6.45) is 2.20. The standard InChI is InChI=1S/C11H14N2O3/c1-16-11(12)4-2-3-9-5-7-10(8-6-9)13(14)15/h5-8,12H,2-4H2,1H3. The number of methoxy groups -OCH3 is 1. The fraction of sp³-hybridized carbons (Fsp3) is 0.364. The molecular formula is C11H14N2O3. The van der Waals surface area contributed by atoms with Gasteiger partial charge in [-0.05, 0) is 18.4 Å². The molecule has 5 nitrogen and oxygen atoms in total. The van der Waals surface area contributed by atoms with Gasteiger partial charge in [-0.1, -0.05) is 12.1 Å². The SMILES string of the molecule is COC(=N)CCCc1ccc([N+](=O)[O-])cc1. The minimum absolute atomic E-state index is 0.105. The van der Waals surface area contributed by atoms with E-state index >= 15 is 0 Å². The van der Waals surface area contributed by atoms with E-state index in [-0.39, 0.29) is 11.6 Å². The number of hydrogen-bond acceptors (Lipinski definition) is 4. The highest BCUT2D eigenvalue weighted by atomic mass is 16.6. The van der Waals surface area contributed by atoms with Crippen LogP contribution in [0.15, 0.2) is 24.3 Å². The van der Waals surface area contributed by atoms with Crippen molar-refractivity contribution in [2.75, 3.05) is 7.11 Å². The number of nitro benzene ring substituents is 1. The number of non-ortho nitro benzene ring substituents is 1. The van der Waals surface area contributed by atoms with Crippen molar-refractivity contribution < 1.29 is 9.66 Å². The number of rotatable bonds is 5. The van der Waals surface area contributed by atoms with Crippen LogP contribution in [0.3, 0.4) is 0 Å². The highest BCUT2D eigenvalue weighted by Crippen LogP contribution is 2.13. The molecule has 0 unspecified atom stereocenters. The molecule has 1 aromatic rings. The van der Waals surface area contributed by atoms with Gasteiger partial charge in [0.1, 0.15) is 0 Å². The van der Waals surface area contributed by atoms with E-state index < -0.39 is 4.92 Å². The van der Waals surface area contributed by atoms with Crippen LogP contribution in [0.25, 0.3) is 0 Å². The van der Waals surface area contributed by atoms with E-state index in [9.17, 15) is 10.1 Å². The fourth-order valence-electron chi connectivity index (χ4n) is 1.34. The summed E-state index contributed by atoms with van der Waals surface area (Å²) in [6.45, 7) is 0. The summed E-state index contributed by atoms with van der Waals surface area (Å²) >= 11 is 0. The summed E-state index contributed by atoms with van der Waals surface area (Å²) in [5.74, 6) is 0.266. The van der Waals surface area contributed by atoms with Gasteiger partial charge in [0.05, 0.1) is 12.0 Å². The molecule has 0 saturated heterocycles. The second-order valence-corrected chi connectivity index (χ2v) is 3.40. The van der Waals surface area contributed by atoms with E-state index in [4.69, 9.17) is 10.1 Å². The summed E-state index contributed by atoms with van der Waals surface area (Å²) in [5.41, 5.74) is 1.14. The molecule has 5 heteroatoms. The number of nitro groups is 1. The van der Waals surface area contributed by atoms with Gasteiger partial charge < -0.3 is 4.74 Å². The number of aryl methyl sites for hydroxylation is 1. The van der Waals surface area contributed by atoms with Gasteiger partial charge in [0.25, 0.3) is 5.69 Å². The van der Waals surface area contributed by atoms with Crippen molar-refractivity contribution in [3.05, 3.63) is 39.9 Å². The minimum atomic E-state index is -0.412. The molecule has 0 amide bonds. The van der Waals surface area contributed by atoms with Crippen LogP contribution in [0.4, 0.5) is 5.69 Å². The van der Waals surface area contributed by atoms with Gasteiger partial charge in [0.15, 0.2) is 5.90 Å². The van der Waals surface area contributed by atoms with Crippen LogP contribution in [-0.4, -0.2) is 17.9 Å². The van der Waals surface area contributed by atoms with Crippen molar-refractivity contribution >= 4 is 11.6 Å². The van der Waals surface area contributed by atoms with Crippen LogP contribution in [0.1, 0.15) is 18.4 Å². The van der Waals surface area contributed by atoms with Crippen LogP contribution < -0.4 is 0 Å². The van der Waals surface area contributed by atoms with Crippen molar-refractivity contribution in [2.45, 2.75) is 19.3 Å². The molecule has 0 saturated carbocycles. The molecule has 1 rings (SSSR count). The van der Waals surface area contributed by atoms with E-state index in [0.29, 0.717) is 6.42 Å². The summed E-state index contributed by atoms with van der Waals surface area (Å²) in [4.78, 5) is 10.0. The molecular weight excluding hydrogens is 208 g/mol. The summed E-state index contributed by atoms with van der Waals surface area (Å²) in [5, 5.41) is 17.7. The average molecular weight is 222 g/mol. The molecule has 0 spiro atoms. The molecule has 1 N–H and O–H groups in total. The second-order valence-electron chi connectivity index (χ2n) is 3.40. The zero-order valence-electron chi connectivity index (χ0n) is 9.10. The monoisotopic (exact) mass is 222 g/mol. The molecule has 0 aliphatic carbocycles. The Bertz CT molecular complexity index is 373. The quantitative estimate of drug-likeness (QED) is 0.360. The van der Waals surface area contributed by atoms with E-state index in [1.807, 2.05) is 0 Å². The molecule has 0 aromatic heterocycles. The van der Waals surface area contributed by atoms with Crippen LogP contribution >= 0.6 is 0 Å². The Morgan fingerprint density at radius 2 is 2.06 bits per heavy atom. The van der Waals surface area contributed by atoms with Gasteiger partial charge in [-0.15, -0.1) is 0 Å². The number of hydrogen-bond donors (Lipinski definition) is 1. The zero-order valence-corrected chi connectivity index (χ0v) is 9.10. The van der Waals surface area contributed by atoms with Crippen LogP contribution in [0.2, 0.25) is 0 Å². The molecule has 0 aliphatic rings. The highest BCUT2D eigenvalue weighted by Gasteiger charge is 2.04. The second kappa shape index (κ2) is 5.85. The lowest BCUT2D eigenvalue weighted by molar-refractivity contribution is -0.384. The van der Waals surface area contributed by atoms with Crippen molar-refractivity contribution in [3.63, 3.8) is 0 Å². The van der Waals surface area contributed by atoms with Crippen LogP contribution in [-0.2, 0) is 11.2 Å². The molecule has 0 aliphatic heterocycles. The van der Waals surface area contributed by atoms with E-state index in [0.717, 1.165) is 18.4 Å². The molecule has 1 aromatic carbocycles. The average Bonchev–Trinajstić information content (AvgIpc) is 2.29. The molecule has 16 heavy (non-hydrogen) atoms. The fourth-order valence-corrected chi connectivity index (χ4v) is 1.34. The first-order chi connectivity index (χ1) is 7.63. The maximum Gasteiger partial charge on any atom is 0.269 e. The summed E-state index contributed by atoms with van der Waals surface area (Å²) in [7, 11) is 1.48. The predicted octanol–water partition coefficient (Wildman–Crippen LogP) is 2.54. The Hall–Kier alpha value is -1.91. The molecule has 0 atom stereocenters. The van der Waals surface area contributed by atoms with Gasteiger partial charge >= 0.3 is 0 Å². The van der Waals surface area contributed by atoms with Crippen molar-refractivity contribution in [1.29, 1.82) is 5.41 Å². The number of nitrogens with one attached hydrogen (secondary N) is 1. The van der Waals surface area contributed by atoms with E-state index in [1.54, 1.807) is 12.1 Å². The normalized spacial score (nSPS) is 9.81. The molecule has 0 bridgehead atoms. The Labute approximate surface area is 93.7 Å². The van der Waals surface area contributed by atoms with E-state index in [1.165, 1.54) is 19.2 Å². The Morgan fingerprint density at radius 1 is 1.44 bits per heavy atom.